The molecule has 0 N–H and O–H groups in total. The van der Waals surface area contributed by atoms with E-state index in [0.717, 1.165) is 25.1 Å². The zero-order valence-electron chi connectivity index (χ0n) is 85.4. The van der Waals surface area contributed by atoms with Gasteiger partial charge in [-0.25, -0.2) is 0 Å². The van der Waals surface area contributed by atoms with Gasteiger partial charge in [0, 0.05) is 49.6 Å². The maximum absolute atomic E-state index is 10.7. The van der Waals surface area contributed by atoms with E-state index in [9.17, 15) is 101 Å². The second-order valence-corrected chi connectivity index (χ2v) is 66.0. The van der Waals surface area contributed by atoms with Gasteiger partial charge in [0.05, 0.1) is 69.2 Å². The normalized spacial score (nSPS) is 14.0. The Morgan fingerprint density at radius 2 is 0.307 bits per heavy atom. The predicted octanol–water partition coefficient (Wildman–Crippen LogP) is 41.3. The Hall–Kier alpha value is -0.122. The van der Waals surface area contributed by atoms with Crippen molar-refractivity contribution in [2.45, 2.75) is 316 Å². The molecular weight excluding hydrogens is 2410 g/mol. The van der Waals surface area contributed by atoms with E-state index >= 15 is 0 Å². The fraction of sp³-hybridized carbons (Fsp3) is 0.591. The molecule has 0 aliphatic carbocycles. The van der Waals surface area contributed by atoms with Gasteiger partial charge in [0.15, 0.2) is 0 Å². The number of rotatable bonds is 12. The van der Waals surface area contributed by atoms with E-state index in [2.05, 4.69) is 409 Å². The second kappa shape index (κ2) is 54.6. The number of halogens is 32. The van der Waals surface area contributed by atoms with Crippen LogP contribution in [0.1, 0.15) is 233 Å². The molecule has 0 radical (unpaired) electrons. The standard InChI is InChI=1S/4C21H33N2P.4CH2Cl2.4Cu.4F6P/c4*1-16-12-17(2)19(18(3)13-16)23-11-10-22(14-23)15-24(20(4,5)6)21(7,8)9;4*2-1-3;;;;;4*1-7(2,3,4,5)6/h4*10-13H,15H2,1-9H3;4*1H2;;;;;;;;/q;;;;;;;;4*+1;4*-1. The third-order valence-corrected chi connectivity index (χ3v) is 33.0. The van der Waals surface area contributed by atoms with E-state index in [1.165, 1.54) is 89.5 Å². The summed E-state index contributed by atoms with van der Waals surface area (Å²) in [6.45, 7) is 83.0. The third kappa shape index (κ3) is 79.8. The molecule has 0 saturated carbocycles. The number of hydrogen-bond donors (Lipinski definition) is 0. The first-order valence-corrected chi connectivity index (χ1v) is 59.7. The van der Waals surface area contributed by atoms with E-state index in [4.69, 9.17) is 92.8 Å². The summed E-state index contributed by atoms with van der Waals surface area (Å²) in [4.78, 5) is 0. The first-order chi connectivity index (χ1) is 59.0. The number of alkyl halides is 8. The Morgan fingerprint density at radius 3 is 0.386 bits per heavy atom. The molecule has 0 aliphatic heterocycles. The van der Waals surface area contributed by atoms with Crippen LogP contribution in [-0.2, 0) is 93.4 Å². The summed E-state index contributed by atoms with van der Waals surface area (Å²) in [5.41, 5.74) is 20.8. The van der Waals surface area contributed by atoms with Crippen LogP contribution in [-0.4, -0.2) is 80.9 Å². The van der Waals surface area contributed by atoms with Crippen molar-refractivity contribution in [3.8, 4) is 22.7 Å². The molecule has 4 heterocycles. The maximum atomic E-state index is 9.87. The Labute approximate surface area is 903 Å². The topological polar surface area (TPSA) is 35.2 Å². The molecule has 0 fully saturated rings. The van der Waals surface area contributed by atoms with Crippen LogP contribution in [0.4, 0.5) is 101 Å². The quantitative estimate of drug-likeness (QED) is 0.0292. The van der Waals surface area contributed by atoms with Gasteiger partial charge in [-0.1, -0.05) is 269 Å². The van der Waals surface area contributed by atoms with Gasteiger partial charge in [0.1, 0.15) is 0 Å². The average Bonchev–Trinajstić information content (AvgIpc) is 1.44. The van der Waals surface area contributed by atoms with E-state index in [1.54, 1.807) is 0 Å². The van der Waals surface area contributed by atoms with Gasteiger partial charge in [-0.3, -0.25) is 0 Å². The summed E-state index contributed by atoms with van der Waals surface area (Å²) in [6.07, 6.45) is 35.7. The smallest absolute Gasteiger partial charge is 1.00 e. The molecule has 0 amide bonds. The molecule has 0 atom stereocenters. The summed E-state index contributed by atoms with van der Waals surface area (Å²) in [7, 11) is -43.3. The molecular formula is C88H140Cl8Cu4F24N8P8. The number of aromatic nitrogens is 8. The summed E-state index contributed by atoms with van der Waals surface area (Å²) < 4.78 is 254. The van der Waals surface area contributed by atoms with Crippen molar-refractivity contribution in [3.63, 3.8) is 0 Å². The monoisotopic (exact) mass is 2540 g/mol. The van der Waals surface area contributed by atoms with E-state index in [1.807, 2.05) is 0 Å². The minimum absolute atomic E-state index is 0. The van der Waals surface area contributed by atoms with Crippen molar-refractivity contribution in [1.29, 1.82) is 0 Å². The first-order valence-electron chi connectivity index (χ1n) is 41.2. The summed E-state index contributed by atoms with van der Waals surface area (Å²) in [5, 5.41) is 3.38. The van der Waals surface area contributed by atoms with Crippen LogP contribution < -0.4 is 18.3 Å². The Kier molecular flexibility index (Phi) is 60.5. The van der Waals surface area contributed by atoms with Gasteiger partial charge in [0.25, 0.3) is 0 Å². The van der Waals surface area contributed by atoms with E-state index < -0.39 is 31.2 Å². The SMILES string of the molecule is Cc1cc(C)c(-[n+]2[c-]n(CP(C(C)(C)C)C(C)(C)C)cc2)c(C)c1.Cc1cc(C)c(-[n+]2[c-]n(CP(C(C)(C)C)C(C)(C)C)cc2)c(C)c1.Cc1cc(C)c(-[n+]2[c-]n(CP(C(C)(C)C)C(C)(C)C)cc2)c(C)c1.Cc1cc(C)c(-[n+]2[c-]n(CP(C(C)(C)C)C(C)(C)C)cc2)c(C)c1.ClCCl.ClCCl.ClCCl.ClCCl.F[P-](F)(F)(F)(F)F.F[P-](F)(F)(F)(F)F.F[P-](F)(F)(F)(F)F.F[P-](F)(F)(F)(F)F.[Cu+].[Cu+].[Cu+].[Cu+]. The van der Waals surface area contributed by atoms with Crippen molar-refractivity contribution < 1.29 is 187 Å². The van der Waals surface area contributed by atoms with Crippen LogP contribution in [0, 0.1) is 108 Å². The second-order valence-electron chi connectivity index (χ2n) is 39.8. The zero-order valence-corrected chi connectivity index (χ0v) is 102. The van der Waals surface area contributed by atoms with Crippen LogP contribution in [0.3, 0.4) is 0 Å². The summed E-state index contributed by atoms with van der Waals surface area (Å²) in [6, 6.07) is 18.0. The summed E-state index contributed by atoms with van der Waals surface area (Å²) >= 11 is 38.1. The van der Waals surface area contributed by atoms with Gasteiger partial charge in [0.2, 0.25) is 25.3 Å². The van der Waals surface area contributed by atoms with Gasteiger partial charge in [-0.05, 0) is 169 Å². The molecule has 8 nitrogen and oxygen atoms in total. The number of nitrogens with zero attached hydrogens (tertiary/aromatic N) is 8. The van der Waals surface area contributed by atoms with Crippen molar-refractivity contribution in [2.24, 2.45) is 0 Å². The molecule has 4 aromatic heterocycles. The maximum Gasteiger partial charge on any atom is 1.00 e. The molecule has 0 bridgehead atoms. The molecule has 840 valence electrons. The summed E-state index contributed by atoms with van der Waals surface area (Å²) in [5.74, 6) is 0. The number of benzene rings is 4. The molecule has 140 heavy (non-hydrogen) atoms. The van der Waals surface area contributed by atoms with Crippen LogP contribution in [0.25, 0.3) is 22.7 Å². The van der Waals surface area contributed by atoms with Crippen LogP contribution in [0.15, 0.2) is 98.1 Å². The molecule has 0 spiro atoms. The molecule has 8 rings (SSSR count). The Balaban J connectivity index is -0.000000242. The zero-order chi connectivity index (χ0) is 110. The number of imidazole rings is 4. The minimum atomic E-state index is -10.7. The molecule has 0 aliphatic rings. The van der Waals surface area contributed by atoms with Crippen molar-refractivity contribution in [3.05, 3.63) is 190 Å². The van der Waals surface area contributed by atoms with Gasteiger partial charge in [-0.2, -0.15) is 0 Å². The van der Waals surface area contributed by atoms with Crippen LogP contribution >= 0.6 is 156 Å². The molecule has 8 aromatic rings. The molecule has 4 aromatic carbocycles. The van der Waals surface area contributed by atoms with Gasteiger partial charge >= 0.3 is 200 Å². The van der Waals surface area contributed by atoms with Crippen LogP contribution in [0.2, 0.25) is 0 Å². The number of aryl methyl sites for hydroxylation is 12. The molecule has 0 saturated heterocycles. The minimum Gasteiger partial charge on any atom is 1.00 e. The Morgan fingerprint density at radius 1 is 0.221 bits per heavy atom. The van der Waals surface area contributed by atoms with E-state index in [-0.39, 0.29) is 121 Å². The largest absolute Gasteiger partial charge is 1.00 e. The fourth-order valence-corrected chi connectivity index (χ4v) is 28.1. The van der Waals surface area contributed by atoms with Gasteiger partial charge in [-0.15, -0.1) is 92.8 Å². The molecule has 52 heteroatoms. The van der Waals surface area contributed by atoms with Crippen molar-refractivity contribution in [1.82, 2.24) is 18.3 Å². The fourth-order valence-electron chi connectivity index (χ4n) is 14.8. The third-order valence-electron chi connectivity index (χ3n) is 17.7. The first kappa shape index (κ1) is 155. The molecule has 0 unspecified atom stereocenters. The average molecular weight is 2550 g/mol. The predicted molar refractivity (Wildman–Crippen MR) is 542 cm³/mol. The van der Waals surface area contributed by atoms with Gasteiger partial charge < -0.3 is 36.5 Å². The van der Waals surface area contributed by atoms with Crippen molar-refractivity contribution in [2.75, 3.05) is 21.4 Å². The van der Waals surface area contributed by atoms with Crippen LogP contribution in [0.5, 0.6) is 0 Å². The Bertz CT molecular complexity index is 4250. The number of hydrogen-bond acceptors (Lipinski definition) is 0. The van der Waals surface area contributed by atoms with Crippen molar-refractivity contribution >= 4 is 156 Å². The van der Waals surface area contributed by atoms with E-state index in [0.29, 0.717) is 41.2 Å².